The van der Waals surface area contributed by atoms with Gasteiger partial charge in [-0.25, -0.2) is 4.98 Å². The number of pyridine rings is 1. The lowest BCUT2D eigenvalue weighted by molar-refractivity contribution is -0.385. The number of nitrogens with two attached hydrogens (primary N) is 1. The fourth-order valence-corrected chi connectivity index (χ4v) is 2.85. The van der Waals surface area contributed by atoms with Crippen molar-refractivity contribution in [1.82, 2.24) is 9.38 Å². The summed E-state index contributed by atoms with van der Waals surface area (Å²) in [5, 5.41) is 11.4. The van der Waals surface area contributed by atoms with Gasteiger partial charge in [0.2, 0.25) is 11.7 Å². The molecule has 9 heteroatoms. The molecule has 0 saturated carbocycles. The largest absolute Gasteiger partial charge is 0.376 e. The van der Waals surface area contributed by atoms with Crippen molar-refractivity contribution in [1.29, 1.82) is 0 Å². The molecule has 3 rings (SSSR count). The smallest absolute Gasteiger partial charge is 0.369 e. The van der Waals surface area contributed by atoms with Crippen molar-refractivity contribution in [3.05, 3.63) is 44.9 Å². The number of amides is 1. The lowest BCUT2D eigenvalue weighted by atomic mass is 9.97. The summed E-state index contributed by atoms with van der Waals surface area (Å²) in [4.78, 5) is 40.3. The first-order valence-electron chi connectivity index (χ1n) is 7.19. The second-order valence-electron chi connectivity index (χ2n) is 5.46. The van der Waals surface area contributed by atoms with E-state index in [0.717, 1.165) is 4.40 Å². The van der Waals surface area contributed by atoms with Gasteiger partial charge in [0.05, 0.1) is 10.8 Å². The van der Waals surface area contributed by atoms with Gasteiger partial charge >= 0.3 is 11.2 Å². The third-order valence-electron chi connectivity index (χ3n) is 4.00. The molecule has 1 atom stereocenters. The number of fused-ring (bicyclic) bond motifs is 1. The van der Waals surface area contributed by atoms with Crippen LogP contribution in [0.4, 0.5) is 11.5 Å². The van der Waals surface area contributed by atoms with Crippen LogP contribution >= 0.6 is 0 Å². The second-order valence-corrected chi connectivity index (χ2v) is 5.46. The molecule has 0 radical (unpaired) electrons. The van der Waals surface area contributed by atoms with Crippen LogP contribution < -0.4 is 16.2 Å². The van der Waals surface area contributed by atoms with E-state index in [1.807, 2.05) is 0 Å². The number of nitro groups is 1. The van der Waals surface area contributed by atoms with E-state index in [9.17, 15) is 19.7 Å². The fraction of sp³-hybridized carbons (Fsp3) is 0.357. The molecule has 0 bridgehead atoms. The van der Waals surface area contributed by atoms with Crippen LogP contribution in [0, 0.1) is 16.0 Å². The lowest BCUT2D eigenvalue weighted by Crippen LogP contribution is -2.42. The summed E-state index contributed by atoms with van der Waals surface area (Å²) in [6.07, 6.45) is 2.72. The molecule has 0 aromatic carbocycles. The van der Waals surface area contributed by atoms with Crippen molar-refractivity contribution in [2.24, 2.45) is 11.7 Å². The van der Waals surface area contributed by atoms with Crippen molar-refractivity contribution in [3.63, 3.8) is 0 Å². The summed E-state index contributed by atoms with van der Waals surface area (Å²) in [5.74, 6) is -0.855. The van der Waals surface area contributed by atoms with Gasteiger partial charge in [0.25, 0.3) is 0 Å². The quantitative estimate of drug-likeness (QED) is 0.641. The average molecular weight is 317 g/mol. The van der Waals surface area contributed by atoms with Crippen molar-refractivity contribution >= 4 is 23.1 Å². The number of carbonyl (C=O) groups excluding carboxylic acids is 1. The average Bonchev–Trinajstić information content (AvgIpc) is 2.54. The van der Waals surface area contributed by atoms with Crippen LogP contribution in [-0.2, 0) is 4.79 Å². The van der Waals surface area contributed by atoms with Crippen molar-refractivity contribution in [2.75, 3.05) is 18.0 Å². The molecule has 2 aromatic heterocycles. The summed E-state index contributed by atoms with van der Waals surface area (Å²) < 4.78 is 1.14. The van der Waals surface area contributed by atoms with Crippen LogP contribution in [0.25, 0.3) is 5.65 Å². The molecule has 1 saturated heterocycles. The second kappa shape index (κ2) is 5.67. The third-order valence-corrected chi connectivity index (χ3v) is 4.00. The van der Waals surface area contributed by atoms with Crippen molar-refractivity contribution in [2.45, 2.75) is 12.8 Å². The molecule has 23 heavy (non-hydrogen) atoms. The highest BCUT2D eigenvalue weighted by molar-refractivity contribution is 5.78. The molecule has 1 aliphatic heterocycles. The number of carbonyl (C=O) groups is 1. The Bertz CT molecular complexity index is 847. The standard InChI is InChI=1S/C14H15N5O4/c15-12(20)9-4-3-6-17(8-9)13-11(19(22)23)14(21)18-7-2-1-5-10(18)16-13/h1-2,5,7,9H,3-4,6,8H2,(H2,15,20). The highest BCUT2D eigenvalue weighted by Gasteiger charge is 2.32. The first-order chi connectivity index (χ1) is 11.0. The molecule has 2 N–H and O–H groups in total. The summed E-state index contributed by atoms with van der Waals surface area (Å²) in [6.45, 7) is 0.714. The van der Waals surface area contributed by atoms with Gasteiger partial charge in [-0.3, -0.25) is 24.1 Å². The minimum absolute atomic E-state index is 0.00264. The Morgan fingerprint density at radius 3 is 2.91 bits per heavy atom. The lowest BCUT2D eigenvalue weighted by Gasteiger charge is -2.31. The Morgan fingerprint density at radius 2 is 2.22 bits per heavy atom. The topological polar surface area (TPSA) is 124 Å². The normalized spacial score (nSPS) is 18.1. The molecule has 0 aliphatic carbocycles. The predicted molar refractivity (Wildman–Crippen MR) is 82.2 cm³/mol. The van der Waals surface area contributed by atoms with Gasteiger partial charge in [-0.1, -0.05) is 6.07 Å². The predicted octanol–water partition coefficient (Wildman–Crippen LogP) is 0.304. The van der Waals surface area contributed by atoms with Gasteiger partial charge in [-0.05, 0) is 25.0 Å². The van der Waals surface area contributed by atoms with Crippen molar-refractivity contribution < 1.29 is 9.72 Å². The Labute approximate surface area is 130 Å². The van der Waals surface area contributed by atoms with Crippen molar-refractivity contribution in [3.8, 4) is 0 Å². The molecule has 1 fully saturated rings. The highest BCUT2D eigenvalue weighted by atomic mass is 16.6. The molecule has 3 heterocycles. The Morgan fingerprint density at radius 1 is 1.43 bits per heavy atom. The zero-order valence-corrected chi connectivity index (χ0v) is 12.2. The zero-order valence-electron chi connectivity index (χ0n) is 12.2. The number of piperidine rings is 1. The molecule has 1 unspecified atom stereocenters. The van der Waals surface area contributed by atoms with Crippen LogP contribution in [-0.4, -0.2) is 33.3 Å². The van der Waals surface area contributed by atoms with E-state index in [1.54, 1.807) is 23.1 Å². The number of nitrogens with zero attached hydrogens (tertiary/aromatic N) is 4. The van der Waals surface area contributed by atoms with E-state index >= 15 is 0 Å². The van der Waals surface area contributed by atoms with Gasteiger partial charge in [-0.15, -0.1) is 0 Å². The summed E-state index contributed by atoms with van der Waals surface area (Å²) >= 11 is 0. The summed E-state index contributed by atoms with van der Waals surface area (Å²) in [5.41, 5.74) is 4.34. The molecule has 1 aliphatic rings. The Balaban J connectivity index is 2.16. The van der Waals surface area contributed by atoms with E-state index in [0.29, 0.717) is 25.0 Å². The molecular formula is C14H15N5O4. The van der Waals surface area contributed by atoms with Gasteiger partial charge in [0.1, 0.15) is 5.65 Å². The van der Waals surface area contributed by atoms with E-state index in [4.69, 9.17) is 5.73 Å². The van der Waals surface area contributed by atoms with Gasteiger partial charge < -0.3 is 10.6 Å². The Kier molecular flexibility index (Phi) is 3.68. The number of hydrogen-bond acceptors (Lipinski definition) is 6. The van der Waals surface area contributed by atoms with Crippen LogP contribution in [0.5, 0.6) is 0 Å². The molecule has 1 amide bonds. The monoisotopic (exact) mass is 317 g/mol. The minimum atomic E-state index is -0.739. The SMILES string of the molecule is NC(=O)C1CCCN(c2nc3ccccn3c(=O)c2[N+](=O)[O-])C1. The Hall–Kier alpha value is -2.97. The van der Waals surface area contributed by atoms with Crippen LogP contribution in [0.1, 0.15) is 12.8 Å². The third kappa shape index (κ3) is 2.60. The molecular weight excluding hydrogens is 302 g/mol. The molecule has 120 valence electrons. The fourth-order valence-electron chi connectivity index (χ4n) is 2.85. The van der Waals surface area contributed by atoms with E-state index in [1.165, 1.54) is 6.20 Å². The number of anilines is 1. The van der Waals surface area contributed by atoms with Crippen LogP contribution in [0.2, 0.25) is 0 Å². The number of primary amides is 1. The highest BCUT2D eigenvalue weighted by Crippen LogP contribution is 2.27. The van der Waals surface area contributed by atoms with Crippen LogP contribution in [0.3, 0.4) is 0 Å². The van der Waals surface area contributed by atoms with Gasteiger partial charge in [0, 0.05) is 19.3 Å². The summed E-state index contributed by atoms with van der Waals surface area (Å²) in [6, 6.07) is 4.90. The van der Waals surface area contributed by atoms with E-state index < -0.39 is 28.0 Å². The van der Waals surface area contributed by atoms with E-state index in [-0.39, 0.29) is 12.4 Å². The van der Waals surface area contributed by atoms with Crippen LogP contribution in [0.15, 0.2) is 29.2 Å². The minimum Gasteiger partial charge on any atom is -0.369 e. The number of rotatable bonds is 3. The zero-order chi connectivity index (χ0) is 16.6. The molecule has 0 spiro atoms. The first-order valence-corrected chi connectivity index (χ1v) is 7.19. The number of aromatic nitrogens is 2. The number of hydrogen-bond donors (Lipinski definition) is 1. The van der Waals surface area contributed by atoms with E-state index in [2.05, 4.69) is 4.98 Å². The first kappa shape index (κ1) is 14.9. The van der Waals surface area contributed by atoms with Gasteiger partial charge in [-0.2, -0.15) is 0 Å². The maximum absolute atomic E-state index is 12.4. The summed E-state index contributed by atoms with van der Waals surface area (Å²) in [7, 11) is 0. The maximum atomic E-state index is 12.4. The molecule has 9 nitrogen and oxygen atoms in total. The molecule has 2 aromatic rings. The maximum Gasteiger partial charge on any atom is 0.376 e. The van der Waals surface area contributed by atoms with Gasteiger partial charge in [0.15, 0.2) is 0 Å².